The molecule has 128 valence electrons. The molecule has 25 heavy (non-hydrogen) atoms. The largest absolute Gasteiger partial charge is 0.334 e. The summed E-state index contributed by atoms with van der Waals surface area (Å²) in [5.41, 5.74) is 4.80. The molecule has 2 heterocycles. The molecule has 1 aliphatic heterocycles. The highest BCUT2D eigenvalue weighted by Crippen LogP contribution is 2.30. The Morgan fingerprint density at radius 3 is 2.80 bits per heavy atom. The molecular weight excluding hydrogens is 312 g/mol. The predicted octanol–water partition coefficient (Wildman–Crippen LogP) is 2.71. The Bertz CT molecular complexity index is 944. The van der Waals surface area contributed by atoms with Crippen LogP contribution in [0.2, 0.25) is 0 Å². The van der Waals surface area contributed by atoms with Crippen molar-refractivity contribution >= 4 is 22.6 Å². The van der Waals surface area contributed by atoms with E-state index in [9.17, 15) is 4.79 Å². The lowest BCUT2D eigenvalue weighted by molar-refractivity contribution is 0.0976. The third-order valence-corrected chi connectivity index (χ3v) is 5.08. The van der Waals surface area contributed by atoms with E-state index in [1.165, 1.54) is 5.56 Å². The fraction of sp³-hybridized carbons (Fsp3) is 0.300. The standard InChI is InChI=1S/C20H22N4O/c1-22(2)16-10-14-6-4-5-7-18(14)24(12-16)20(25)15-8-9-19-17(11-15)21-13-23(19)3/h4-9,11,13,16H,10,12H2,1-3H3. The van der Waals surface area contributed by atoms with Gasteiger partial charge in [-0.3, -0.25) is 4.79 Å². The number of amides is 1. The number of benzene rings is 2. The zero-order valence-electron chi connectivity index (χ0n) is 14.8. The average Bonchev–Trinajstić information content (AvgIpc) is 3.00. The van der Waals surface area contributed by atoms with Crippen LogP contribution in [-0.4, -0.2) is 47.0 Å². The van der Waals surface area contributed by atoms with Gasteiger partial charge >= 0.3 is 0 Å². The van der Waals surface area contributed by atoms with Crippen LogP contribution in [0.5, 0.6) is 0 Å². The van der Waals surface area contributed by atoms with Crippen molar-refractivity contribution < 1.29 is 4.79 Å². The van der Waals surface area contributed by atoms with Crippen LogP contribution in [0, 0.1) is 0 Å². The van der Waals surface area contributed by atoms with Gasteiger partial charge in [0.15, 0.2) is 0 Å². The van der Waals surface area contributed by atoms with Crippen LogP contribution in [-0.2, 0) is 13.5 Å². The molecule has 1 atom stereocenters. The Hall–Kier alpha value is -2.66. The molecule has 0 saturated carbocycles. The molecule has 0 bridgehead atoms. The molecule has 1 aromatic heterocycles. The number of nitrogens with zero attached hydrogens (tertiary/aromatic N) is 4. The second-order valence-electron chi connectivity index (χ2n) is 6.92. The molecule has 0 spiro atoms. The van der Waals surface area contributed by atoms with Crippen molar-refractivity contribution in [1.29, 1.82) is 0 Å². The molecule has 1 unspecified atom stereocenters. The second-order valence-corrected chi connectivity index (χ2v) is 6.92. The fourth-order valence-corrected chi connectivity index (χ4v) is 3.54. The number of rotatable bonds is 2. The van der Waals surface area contributed by atoms with Gasteiger partial charge in [0.25, 0.3) is 5.91 Å². The van der Waals surface area contributed by atoms with Crippen molar-refractivity contribution in [2.24, 2.45) is 7.05 Å². The van der Waals surface area contributed by atoms with Gasteiger partial charge in [0, 0.05) is 30.9 Å². The number of aromatic nitrogens is 2. The van der Waals surface area contributed by atoms with Gasteiger partial charge < -0.3 is 14.4 Å². The molecular formula is C20H22N4O. The lowest BCUT2D eigenvalue weighted by atomic mass is 9.96. The van der Waals surface area contributed by atoms with Crippen LogP contribution >= 0.6 is 0 Å². The number of hydrogen-bond acceptors (Lipinski definition) is 3. The Kier molecular flexibility index (Phi) is 3.81. The van der Waals surface area contributed by atoms with Gasteiger partial charge in [-0.1, -0.05) is 18.2 Å². The summed E-state index contributed by atoms with van der Waals surface area (Å²) in [5, 5.41) is 0. The molecule has 1 aliphatic rings. The minimum Gasteiger partial charge on any atom is -0.334 e. The maximum atomic E-state index is 13.3. The number of carbonyl (C=O) groups excluding carboxylic acids is 1. The third-order valence-electron chi connectivity index (χ3n) is 5.08. The second kappa shape index (κ2) is 6.01. The van der Waals surface area contributed by atoms with Crippen LogP contribution in [0.3, 0.4) is 0 Å². The Morgan fingerprint density at radius 1 is 1.20 bits per heavy atom. The molecule has 5 heteroatoms. The first-order chi connectivity index (χ1) is 12.0. The molecule has 1 amide bonds. The van der Waals surface area contributed by atoms with Gasteiger partial charge in [0.2, 0.25) is 0 Å². The topological polar surface area (TPSA) is 41.4 Å². The summed E-state index contributed by atoms with van der Waals surface area (Å²) in [4.78, 5) is 21.7. The first-order valence-electron chi connectivity index (χ1n) is 8.52. The molecule has 3 aromatic rings. The molecule has 4 rings (SSSR count). The number of fused-ring (bicyclic) bond motifs is 2. The highest BCUT2D eigenvalue weighted by Gasteiger charge is 2.30. The van der Waals surface area contributed by atoms with Gasteiger partial charge in [-0.25, -0.2) is 4.98 Å². The van der Waals surface area contributed by atoms with Crippen molar-refractivity contribution in [3.05, 3.63) is 59.9 Å². The zero-order valence-corrected chi connectivity index (χ0v) is 14.8. The van der Waals surface area contributed by atoms with E-state index in [-0.39, 0.29) is 5.91 Å². The van der Waals surface area contributed by atoms with Gasteiger partial charge in [0.05, 0.1) is 17.4 Å². The average molecular weight is 334 g/mol. The Morgan fingerprint density at radius 2 is 2.00 bits per heavy atom. The van der Waals surface area contributed by atoms with Crippen LogP contribution < -0.4 is 4.90 Å². The van der Waals surface area contributed by atoms with E-state index in [0.29, 0.717) is 18.2 Å². The number of hydrogen-bond donors (Lipinski definition) is 0. The van der Waals surface area contributed by atoms with Crippen molar-refractivity contribution in [1.82, 2.24) is 14.5 Å². The quantitative estimate of drug-likeness (QED) is 0.723. The van der Waals surface area contributed by atoms with E-state index in [1.54, 1.807) is 6.33 Å². The van der Waals surface area contributed by atoms with E-state index < -0.39 is 0 Å². The smallest absolute Gasteiger partial charge is 0.258 e. The summed E-state index contributed by atoms with van der Waals surface area (Å²) >= 11 is 0. The lowest BCUT2D eigenvalue weighted by Gasteiger charge is -2.37. The molecule has 0 radical (unpaired) electrons. The minimum atomic E-state index is 0.0338. The molecule has 0 N–H and O–H groups in total. The maximum absolute atomic E-state index is 13.3. The van der Waals surface area contributed by atoms with Crippen LogP contribution in [0.15, 0.2) is 48.8 Å². The first kappa shape index (κ1) is 15.8. The lowest BCUT2D eigenvalue weighted by Crippen LogP contribution is -2.48. The van der Waals surface area contributed by atoms with Crippen molar-refractivity contribution in [2.45, 2.75) is 12.5 Å². The van der Waals surface area contributed by atoms with Crippen LogP contribution in [0.25, 0.3) is 11.0 Å². The predicted molar refractivity (Wildman–Crippen MR) is 100 cm³/mol. The number of carbonyl (C=O) groups is 1. The zero-order chi connectivity index (χ0) is 17.6. The van der Waals surface area contributed by atoms with E-state index in [1.807, 2.05) is 52.9 Å². The van der Waals surface area contributed by atoms with Gasteiger partial charge in [0.1, 0.15) is 0 Å². The summed E-state index contributed by atoms with van der Waals surface area (Å²) < 4.78 is 1.96. The van der Waals surface area contributed by atoms with Gasteiger partial charge in [-0.2, -0.15) is 0 Å². The fourth-order valence-electron chi connectivity index (χ4n) is 3.54. The molecule has 0 saturated heterocycles. The van der Waals surface area contributed by atoms with E-state index >= 15 is 0 Å². The van der Waals surface area contributed by atoms with Crippen molar-refractivity contribution in [2.75, 3.05) is 25.5 Å². The van der Waals surface area contributed by atoms with E-state index in [2.05, 4.69) is 30.0 Å². The number of para-hydroxylation sites is 1. The van der Waals surface area contributed by atoms with E-state index in [4.69, 9.17) is 0 Å². The minimum absolute atomic E-state index is 0.0338. The molecule has 0 aliphatic carbocycles. The summed E-state index contributed by atoms with van der Waals surface area (Å²) in [6.07, 6.45) is 2.74. The monoisotopic (exact) mass is 334 g/mol. The summed E-state index contributed by atoms with van der Waals surface area (Å²) in [6.45, 7) is 0.698. The van der Waals surface area contributed by atoms with Crippen LogP contribution in [0.1, 0.15) is 15.9 Å². The SMILES string of the molecule is CN(C)C1Cc2ccccc2N(C(=O)c2ccc3c(c2)ncn3C)C1. The molecule has 5 nitrogen and oxygen atoms in total. The van der Waals surface area contributed by atoms with Crippen molar-refractivity contribution in [3.8, 4) is 0 Å². The number of anilines is 1. The molecule has 2 aromatic carbocycles. The van der Waals surface area contributed by atoms with E-state index in [0.717, 1.165) is 23.1 Å². The highest BCUT2D eigenvalue weighted by molar-refractivity contribution is 6.08. The van der Waals surface area contributed by atoms with Crippen LogP contribution in [0.4, 0.5) is 5.69 Å². The maximum Gasteiger partial charge on any atom is 0.258 e. The van der Waals surface area contributed by atoms with Gasteiger partial charge in [-0.15, -0.1) is 0 Å². The third kappa shape index (κ3) is 2.70. The number of likely N-dealkylation sites (N-methyl/N-ethyl adjacent to an activating group) is 1. The molecule has 0 fully saturated rings. The number of aryl methyl sites for hydroxylation is 1. The van der Waals surface area contributed by atoms with Gasteiger partial charge in [-0.05, 0) is 50.3 Å². The Balaban J connectivity index is 1.74. The Labute approximate surface area is 147 Å². The summed E-state index contributed by atoms with van der Waals surface area (Å²) in [7, 11) is 6.10. The van der Waals surface area contributed by atoms with Crippen molar-refractivity contribution in [3.63, 3.8) is 0 Å². The number of imidazole rings is 1. The highest BCUT2D eigenvalue weighted by atomic mass is 16.2. The normalized spacial score (nSPS) is 17.1. The first-order valence-corrected chi connectivity index (χ1v) is 8.52. The summed E-state index contributed by atoms with van der Waals surface area (Å²) in [6, 6.07) is 14.3. The summed E-state index contributed by atoms with van der Waals surface area (Å²) in [5.74, 6) is 0.0338.